The van der Waals surface area contributed by atoms with Gasteiger partial charge in [0.1, 0.15) is 18.0 Å². The molecule has 0 unspecified atom stereocenters. The van der Waals surface area contributed by atoms with Crippen LogP contribution in [0.3, 0.4) is 0 Å². The summed E-state index contributed by atoms with van der Waals surface area (Å²) < 4.78 is 10.6. The molecule has 0 aromatic carbocycles. The zero-order valence-corrected chi connectivity index (χ0v) is 13.2. The maximum absolute atomic E-state index is 5.47. The molecule has 2 N–H and O–H groups in total. The smallest absolute Gasteiger partial charge is 0.213 e. The van der Waals surface area contributed by atoms with Gasteiger partial charge in [-0.1, -0.05) is 0 Å². The second-order valence-electron chi connectivity index (χ2n) is 5.41. The zero-order chi connectivity index (χ0) is 15.9. The molecule has 0 saturated carbocycles. The summed E-state index contributed by atoms with van der Waals surface area (Å²) in [7, 11) is 1.61. The van der Waals surface area contributed by atoms with Gasteiger partial charge in [0.25, 0.3) is 0 Å². The Balaban J connectivity index is 1.58. The molecule has 23 heavy (non-hydrogen) atoms. The van der Waals surface area contributed by atoms with Gasteiger partial charge in [-0.05, 0) is 24.5 Å². The first kappa shape index (κ1) is 15.5. The number of anilines is 2. The number of methoxy groups -OCH3 is 1. The fourth-order valence-electron chi connectivity index (χ4n) is 2.46. The van der Waals surface area contributed by atoms with Crippen LogP contribution in [0.5, 0.6) is 5.88 Å². The molecule has 122 valence electrons. The first-order valence-corrected chi connectivity index (χ1v) is 7.72. The van der Waals surface area contributed by atoms with E-state index >= 15 is 0 Å². The maximum atomic E-state index is 5.47. The van der Waals surface area contributed by atoms with Gasteiger partial charge in [0.2, 0.25) is 5.88 Å². The fourth-order valence-corrected chi connectivity index (χ4v) is 2.46. The Bertz CT molecular complexity index is 631. The molecular weight excluding hydrogens is 294 g/mol. The van der Waals surface area contributed by atoms with Gasteiger partial charge in [-0.3, -0.25) is 0 Å². The van der Waals surface area contributed by atoms with Crippen LogP contribution in [-0.4, -0.2) is 41.3 Å². The Kier molecular flexibility index (Phi) is 5.21. The minimum Gasteiger partial charge on any atom is -0.481 e. The van der Waals surface area contributed by atoms with E-state index < -0.39 is 0 Å². The Labute approximate surface area is 135 Å². The van der Waals surface area contributed by atoms with Crippen molar-refractivity contribution in [2.45, 2.75) is 25.4 Å². The second-order valence-corrected chi connectivity index (χ2v) is 5.41. The third-order valence-electron chi connectivity index (χ3n) is 3.66. The summed E-state index contributed by atoms with van der Waals surface area (Å²) in [6.45, 7) is 2.22. The van der Waals surface area contributed by atoms with Crippen LogP contribution in [0.2, 0.25) is 0 Å². The molecule has 1 aliphatic rings. The lowest BCUT2D eigenvalue weighted by molar-refractivity contribution is 0.0875. The minimum absolute atomic E-state index is 0.316. The average Bonchev–Trinajstić information content (AvgIpc) is 2.61. The van der Waals surface area contributed by atoms with E-state index in [9.17, 15) is 0 Å². The summed E-state index contributed by atoms with van der Waals surface area (Å²) in [6.07, 6.45) is 5.47. The third-order valence-corrected chi connectivity index (χ3v) is 3.66. The summed E-state index contributed by atoms with van der Waals surface area (Å²) in [5.41, 5.74) is 1.07. The number of hydrogen-bond donors (Lipinski definition) is 2. The number of pyridine rings is 1. The standard InChI is InChI=1S/C16H21N5O2/c1-22-16-7-12(4-5-17-16)9-18-14-8-15(20-11-19-14)21-13-3-2-6-23-10-13/h4-5,7-8,11,13H,2-3,6,9-10H2,1H3,(H2,18,19,20,21)/t13-/m1/s1. The topological polar surface area (TPSA) is 81.2 Å². The molecule has 0 radical (unpaired) electrons. The van der Waals surface area contributed by atoms with Gasteiger partial charge in [0.15, 0.2) is 0 Å². The minimum atomic E-state index is 0.316. The molecule has 1 fully saturated rings. The molecule has 3 rings (SSSR count). The summed E-state index contributed by atoms with van der Waals surface area (Å²) >= 11 is 0. The van der Waals surface area contributed by atoms with E-state index in [2.05, 4.69) is 25.6 Å². The van der Waals surface area contributed by atoms with Crippen LogP contribution in [0.1, 0.15) is 18.4 Å². The number of hydrogen-bond acceptors (Lipinski definition) is 7. The molecular formula is C16H21N5O2. The number of rotatable bonds is 6. The first-order valence-electron chi connectivity index (χ1n) is 7.72. The highest BCUT2D eigenvalue weighted by molar-refractivity contribution is 5.47. The van der Waals surface area contributed by atoms with Crippen molar-refractivity contribution >= 4 is 11.6 Å². The average molecular weight is 315 g/mol. The maximum Gasteiger partial charge on any atom is 0.213 e. The monoisotopic (exact) mass is 315 g/mol. The molecule has 2 aromatic heterocycles. The van der Waals surface area contributed by atoms with Crippen LogP contribution in [0.15, 0.2) is 30.7 Å². The van der Waals surface area contributed by atoms with Crippen LogP contribution in [0.25, 0.3) is 0 Å². The quantitative estimate of drug-likeness (QED) is 0.844. The highest BCUT2D eigenvalue weighted by Gasteiger charge is 2.14. The van der Waals surface area contributed by atoms with E-state index in [4.69, 9.17) is 9.47 Å². The van der Waals surface area contributed by atoms with Crippen molar-refractivity contribution in [3.8, 4) is 5.88 Å². The SMILES string of the molecule is COc1cc(CNc2cc(N[C@@H]3CCCOC3)ncn2)ccn1. The number of nitrogens with one attached hydrogen (secondary N) is 2. The largest absolute Gasteiger partial charge is 0.481 e. The van der Waals surface area contributed by atoms with Crippen molar-refractivity contribution in [2.75, 3.05) is 31.0 Å². The van der Waals surface area contributed by atoms with E-state index in [0.717, 1.165) is 43.3 Å². The van der Waals surface area contributed by atoms with Gasteiger partial charge >= 0.3 is 0 Å². The van der Waals surface area contributed by atoms with E-state index in [-0.39, 0.29) is 0 Å². The van der Waals surface area contributed by atoms with Gasteiger partial charge in [-0.15, -0.1) is 0 Å². The highest BCUT2D eigenvalue weighted by atomic mass is 16.5. The van der Waals surface area contributed by atoms with Crippen LogP contribution in [0, 0.1) is 0 Å². The number of nitrogens with zero attached hydrogens (tertiary/aromatic N) is 3. The molecule has 1 aliphatic heterocycles. The Morgan fingerprint density at radius 3 is 3.00 bits per heavy atom. The lowest BCUT2D eigenvalue weighted by Crippen LogP contribution is -2.30. The second kappa shape index (κ2) is 7.73. The predicted molar refractivity (Wildman–Crippen MR) is 87.6 cm³/mol. The van der Waals surface area contributed by atoms with Crippen LogP contribution >= 0.6 is 0 Å². The van der Waals surface area contributed by atoms with Gasteiger partial charge < -0.3 is 20.1 Å². The molecule has 0 aliphatic carbocycles. The van der Waals surface area contributed by atoms with Crippen molar-refractivity contribution in [3.63, 3.8) is 0 Å². The van der Waals surface area contributed by atoms with Gasteiger partial charge in [0.05, 0.1) is 19.8 Å². The number of aromatic nitrogens is 3. The molecule has 7 nitrogen and oxygen atoms in total. The predicted octanol–water partition coefficient (Wildman–Crippen LogP) is 2.08. The first-order chi connectivity index (χ1) is 11.3. The zero-order valence-electron chi connectivity index (χ0n) is 13.2. The molecule has 3 heterocycles. The van der Waals surface area contributed by atoms with E-state index in [1.54, 1.807) is 19.6 Å². The Morgan fingerprint density at radius 2 is 2.17 bits per heavy atom. The Morgan fingerprint density at radius 1 is 1.26 bits per heavy atom. The highest BCUT2D eigenvalue weighted by Crippen LogP contribution is 2.15. The molecule has 0 bridgehead atoms. The lowest BCUT2D eigenvalue weighted by atomic mass is 10.1. The van der Waals surface area contributed by atoms with Crippen LogP contribution < -0.4 is 15.4 Å². The van der Waals surface area contributed by atoms with Crippen molar-refractivity contribution in [2.24, 2.45) is 0 Å². The van der Waals surface area contributed by atoms with Crippen LogP contribution in [-0.2, 0) is 11.3 Å². The van der Waals surface area contributed by atoms with Crippen molar-refractivity contribution in [1.82, 2.24) is 15.0 Å². The molecule has 1 atom stereocenters. The van der Waals surface area contributed by atoms with Crippen molar-refractivity contribution in [1.29, 1.82) is 0 Å². The molecule has 7 heteroatoms. The van der Waals surface area contributed by atoms with Crippen LogP contribution in [0.4, 0.5) is 11.6 Å². The summed E-state index contributed by atoms with van der Waals surface area (Å²) in [5.74, 6) is 2.19. The fraction of sp³-hybridized carbons (Fsp3) is 0.438. The molecule has 0 amide bonds. The van der Waals surface area contributed by atoms with E-state index in [1.807, 2.05) is 18.2 Å². The summed E-state index contributed by atoms with van der Waals surface area (Å²) in [5, 5.41) is 6.68. The third kappa shape index (κ3) is 4.53. The summed E-state index contributed by atoms with van der Waals surface area (Å²) in [6, 6.07) is 6.06. The van der Waals surface area contributed by atoms with Gasteiger partial charge in [0, 0.05) is 31.5 Å². The summed E-state index contributed by atoms with van der Waals surface area (Å²) in [4.78, 5) is 12.6. The molecule has 0 spiro atoms. The Hall–Kier alpha value is -2.41. The lowest BCUT2D eigenvalue weighted by Gasteiger charge is -2.23. The van der Waals surface area contributed by atoms with Crippen molar-refractivity contribution < 1.29 is 9.47 Å². The van der Waals surface area contributed by atoms with Gasteiger partial charge in [-0.25, -0.2) is 15.0 Å². The molecule has 1 saturated heterocycles. The van der Waals surface area contributed by atoms with E-state index in [1.165, 1.54) is 0 Å². The van der Waals surface area contributed by atoms with Crippen molar-refractivity contribution in [3.05, 3.63) is 36.3 Å². The normalized spacial score (nSPS) is 17.5. The van der Waals surface area contributed by atoms with Gasteiger partial charge in [-0.2, -0.15) is 0 Å². The number of ether oxygens (including phenoxy) is 2. The van der Waals surface area contributed by atoms with E-state index in [0.29, 0.717) is 18.5 Å². The molecule has 2 aromatic rings.